The molecular weight excluding hydrogens is 399 g/mol. The number of benzene rings is 1. The fraction of sp³-hybridized carbons (Fsp3) is 0.300. The smallest absolute Gasteiger partial charge is 0.353 e. The molecule has 0 unspecified atom stereocenters. The average Bonchev–Trinajstić information content (AvgIpc) is 3.26. The highest BCUT2D eigenvalue weighted by Gasteiger charge is 2.38. The Bertz CT molecular complexity index is 997. The predicted octanol–water partition coefficient (Wildman–Crippen LogP) is 3.04. The lowest BCUT2D eigenvalue weighted by Gasteiger charge is -2.35. The molecule has 0 N–H and O–H groups in total. The molecule has 7 nitrogen and oxygen atoms in total. The van der Waals surface area contributed by atoms with Crippen LogP contribution in [-0.4, -0.2) is 52.1 Å². The maximum absolute atomic E-state index is 12.6. The number of halogens is 3. The Kier molecular flexibility index (Phi) is 5.39. The molecule has 30 heavy (non-hydrogen) atoms. The molecule has 1 saturated heterocycles. The summed E-state index contributed by atoms with van der Waals surface area (Å²) in [7, 11) is 0. The Morgan fingerprint density at radius 1 is 1.03 bits per heavy atom. The number of amides is 1. The van der Waals surface area contributed by atoms with E-state index in [4.69, 9.17) is 0 Å². The molecule has 1 fully saturated rings. The molecule has 0 spiro atoms. The van der Waals surface area contributed by atoms with Crippen LogP contribution in [0, 0.1) is 0 Å². The van der Waals surface area contributed by atoms with Crippen molar-refractivity contribution in [1.82, 2.24) is 20.0 Å². The number of pyridine rings is 1. The molecule has 3 heterocycles. The molecule has 0 radical (unpaired) electrons. The maximum Gasteiger partial charge on any atom is 0.471 e. The summed E-state index contributed by atoms with van der Waals surface area (Å²) in [5.41, 5.74) is 1.31. The summed E-state index contributed by atoms with van der Waals surface area (Å²) in [6, 6.07) is 12.9. The van der Waals surface area contributed by atoms with E-state index in [0.717, 1.165) is 5.56 Å². The van der Waals surface area contributed by atoms with Crippen molar-refractivity contribution in [1.29, 1.82) is 0 Å². The van der Waals surface area contributed by atoms with Gasteiger partial charge in [-0.05, 0) is 17.7 Å². The minimum absolute atomic E-state index is 0.0849. The largest absolute Gasteiger partial charge is 0.471 e. The first kappa shape index (κ1) is 19.9. The number of rotatable bonds is 4. The predicted molar refractivity (Wildman–Crippen MR) is 101 cm³/mol. The number of carbonyl (C=O) groups excluding carboxylic acids is 1. The minimum Gasteiger partial charge on any atom is -0.353 e. The van der Waals surface area contributed by atoms with Crippen molar-refractivity contribution in [2.45, 2.75) is 12.6 Å². The number of anilines is 1. The summed E-state index contributed by atoms with van der Waals surface area (Å²) < 4.78 is 42.0. The van der Waals surface area contributed by atoms with Crippen LogP contribution in [0.5, 0.6) is 0 Å². The van der Waals surface area contributed by atoms with Gasteiger partial charge in [-0.25, -0.2) is 4.98 Å². The zero-order valence-electron chi connectivity index (χ0n) is 15.8. The highest BCUT2D eigenvalue weighted by atomic mass is 19.4. The second kappa shape index (κ2) is 8.13. The SMILES string of the molecule is O=C(Cc1ccccc1)N1CCN(c2ccc(-c3noc(C(F)(F)F)n3)cn2)CC1. The Morgan fingerprint density at radius 3 is 2.37 bits per heavy atom. The van der Waals surface area contributed by atoms with Crippen molar-refractivity contribution < 1.29 is 22.5 Å². The van der Waals surface area contributed by atoms with E-state index in [1.165, 1.54) is 6.20 Å². The van der Waals surface area contributed by atoms with E-state index in [9.17, 15) is 18.0 Å². The number of alkyl halides is 3. The van der Waals surface area contributed by atoms with Crippen LogP contribution in [-0.2, 0) is 17.4 Å². The van der Waals surface area contributed by atoms with Crippen LogP contribution in [0.15, 0.2) is 53.2 Å². The summed E-state index contributed by atoms with van der Waals surface area (Å²) in [6.07, 6.45) is -2.90. The van der Waals surface area contributed by atoms with Gasteiger partial charge in [-0.2, -0.15) is 18.2 Å². The van der Waals surface area contributed by atoms with Crippen molar-refractivity contribution in [3.8, 4) is 11.4 Å². The summed E-state index contributed by atoms with van der Waals surface area (Å²) >= 11 is 0. The number of hydrogen-bond acceptors (Lipinski definition) is 6. The molecule has 2 aromatic heterocycles. The average molecular weight is 417 g/mol. The molecule has 3 aromatic rings. The van der Waals surface area contributed by atoms with Crippen molar-refractivity contribution in [2.75, 3.05) is 31.1 Å². The lowest BCUT2D eigenvalue weighted by Crippen LogP contribution is -2.49. The van der Waals surface area contributed by atoms with E-state index in [1.54, 1.807) is 12.1 Å². The fourth-order valence-electron chi connectivity index (χ4n) is 3.23. The van der Waals surface area contributed by atoms with Crippen LogP contribution in [0.3, 0.4) is 0 Å². The molecule has 1 aliphatic rings. The number of carbonyl (C=O) groups is 1. The third-order valence-electron chi connectivity index (χ3n) is 4.83. The lowest BCUT2D eigenvalue weighted by atomic mass is 10.1. The summed E-state index contributed by atoms with van der Waals surface area (Å²) in [4.78, 5) is 24.0. The van der Waals surface area contributed by atoms with Gasteiger partial charge in [0.05, 0.1) is 6.42 Å². The number of nitrogens with zero attached hydrogens (tertiary/aromatic N) is 5. The summed E-state index contributed by atoms with van der Waals surface area (Å²) in [5, 5.41) is 3.35. The Labute approximate surface area is 170 Å². The monoisotopic (exact) mass is 417 g/mol. The molecule has 156 valence electrons. The van der Waals surface area contributed by atoms with E-state index >= 15 is 0 Å². The summed E-state index contributed by atoms with van der Waals surface area (Å²) in [6.45, 7) is 2.39. The Hall–Kier alpha value is -3.43. The molecule has 0 aliphatic carbocycles. The first-order valence-corrected chi connectivity index (χ1v) is 9.34. The van der Waals surface area contributed by atoms with Crippen molar-refractivity contribution in [3.05, 3.63) is 60.1 Å². The first-order valence-electron chi connectivity index (χ1n) is 9.34. The van der Waals surface area contributed by atoms with Crippen LogP contribution >= 0.6 is 0 Å². The van der Waals surface area contributed by atoms with E-state index in [1.807, 2.05) is 40.1 Å². The quantitative estimate of drug-likeness (QED) is 0.650. The van der Waals surface area contributed by atoms with Crippen molar-refractivity contribution in [3.63, 3.8) is 0 Å². The highest BCUT2D eigenvalue weighted by molar-refractivity contribution is 5.79. The second-order valence-corrected chi connectivity index (χ2v) is 6.86. The Balaban J connectivity index is 1.35. The highest BCUT2D eigenvalue weighted by Crippen LogP contribution is 2.29. The molecule has 1 aliphatic heterocycles. The van der Waals surface area contributed by atoms with Gasteiger partial charge >= 0.3 is 12.1 Å². The van der Waals surface area contributed by atoms with Gasteiger partial charge in [-0.1, -0.05) is 35.5 Å². The third-order valence-corrected chi connectivity index (χ3v) is 4.83. The third kappa shape index (κ3) is 4.42. The van der Waals surface area contributed by atoms with Gasteiger partial charge in [0, 0.05) is 37.9 Å². The second-order valence-electron chi connectivity index (χ2n) is 6.86. The van der Waals surface area contributed by atoms with E-state index in [0.29, 0.717) is 44.0 Å². The Morgan fingerprint density at radius 2 is 1.77 bits per heavy atom. The molecule has 0 bridgehead atoms. The van der Waals surface area contributed by atoms with Crippen molar-refractivity contribution in [2.24, 2.45) is 0 Å². The first-order chi connectivity index (χ1) is 14.4. The standard InChI is InChI=1S/C20H18F3N5O2/c21-20(22,23)19-25-18(26-30-19)15-6-7-16(24-13-15)27-8-10-28(11-9-27)17(29)12-14-4-2-1-3-5-14/h1-7,13H,8-12H2. The maximum atomic E-state index is 12.6. The summed E-state index contributed by atoms with van der Waals surface area (Å²) in [5.74, 6) is -0.800. The van der Waals surface area contributed by atoms with Gasteiger partial charge in [0.2, 0.25) is 11.7 Å². The minimum atomic E-state index is -4.68. The molecule has 10 heteroatoms. The topological polar surface area (TPSA) is 75.4 Å². The number of aromatic nitrogens is 3. The van der Waals surface area contributed by atoms with Gasteiger partial charge < -0.3 is 14.3 Å². The van der Waals surface area contributed by atoms with E-state index in [-0.39, 0.29) is 11.7 Å². The zero-order chi connectivity index (χ0) is 21.1. The molecule has 4 rings (SSSR count). The van der Waals surface area contributed by atoms with Gasteiger partial charge in [0.25, 0.3) is 0 Å². The molecule has 0 saturated carbocycles. The van der Waals surface area contributed by atoms with Gasteiger partial charge in [-0.3, -0.25) is 4.79 Å². The van der Waals surface area contributed by atoms with Crippen LogP contribution in [0.1, 0.15) is 11.5 Å². The number of piperazine rings is 1. The van der Waals surface area contributed by atoms with Gasteiger partial charge in [-0.15, -0.1) is 0 Å². The van der Waals surface area contributed by atoms with Crippen LogP contribution < -0.4 is 4.90 Å². The molecule has 1 amide bonds. The van der Waals surface area contributed by atoms with Crippen LogP contribution in [0.25, 0.3) is 11.4 Å². The van der Waals surface area contributed by atoms with Crippen molar-refractivity contribution >= 4 is 11.7 Å². The normalized spacial score (nSPS) is 14.8. The molecule has 0 atom stereocenters. The van der Waals surface area contributed by atoms with Crippen LogP contribution in [0.4, 0.5) is 19.0 Å². The lowest BCUT2D eigenvalue weighted by molar-refractivity contribution is -0.159. The number of hydrogen-bond donors (Lipinski definition) is 0. The van der Waals surface area contributed by atoms with Crippen LogP contribution in [0.2, 0.25) is 0 Å². The van der Waals surface area contributed by atoms with Gasteiger partial charge in [0.1, 0.15) is 5.82 Å². The van der Waals surface area contributed by atoms with E-state index < -0.39 is 12.1 Å². The van der Waals surface area contributed by atoms with Gasteiger partial charge in [0.15, 0.2) is 0 Å². The fourth-order valence-corrected chi connectivity index (χ4v) is 3.23. The van der Waals surface area contributed by atoms with E-state index in [2.05, 4.69) is 19.6 Å². The molecule has 1 aromatic carbocycles. The molecular formula is C20H18F3N5O2. The zero-order valence-corrected chi connectivity index (χ0v) is 15.8.